The first kappa shape index (κ1) is 15.4. The van der Waals surface area contributed by atoms with Crippen LogP contribution in [0.4, 0.5) is 0 Å². The van der Waals surface area contributed by atoms with E-state index in [2.05, 4.69) is 24.2 Å². The van der Waals surface area contributed by atoms with Crippen molar-refractivity contribution in [2.75, 3.05) is 0 Å². The van der Waals surface area contributed by atoms with E-state index in [1.54, 1.807) is 6.07 Å². The number of benzene rings is 1. The molecule has 4 nitrogen and oxygen atoms in total. The molecule has 0 spiro atoms. The zero-order valence-electron chi connectivity index (χ0n) is 13.0. The average Bonchev–Trinajstić information content (AvgIpc) is 2.50. The van der Waals surface area contributed by atoms with Gasteiger partial charge in [0.1, 0.15) is 0 Å². The highest BCUT2D eigenvalue weighted by molar-refractivity contribution is 5.32. The van der Waals surface area contributed by atoms with Crippen LogP contribution < -0.4 is 11.3 Å². The summed E-state index contributed by atoms with van der Waals surface area (Å²) in [5.74, 6) is 0. The molecule has 1 unspecified atom stereocenters. The number of hydrogen-bond donors (Lipinski definition) is 1. The maximum Gasteiger partial charge on any atom is 0.271 e. The Labute approximate surface area is 125 Å². The first-order chi connectivity index (χ1) is 10.1. The highest BCUT2D eigenvalue weighted by Crippen LogP contribution is 2.18. The lowest BCUT2D eigenvalue weighted by Crippen LogP contribution is -2.31. The van der Waals surface area contributed by atoms with Gasteiger partial charge in [0.05, 0.1) is 11.7 Å². The van der Waals surface area contributed by atoms with E-state index in [-0.39, 0.29) is 5.56 Å². The minimum absolute atomic E-state index is 0.0884. The van der Waals surface area contributed by atoms with E-state index in [4.69, 9.17) is 5.73 Å². The summed E-state index contributed by atoms with van der Waals surface area (Å²) in [6.45, 7) is 6.65. The summed E-state index contributed by atoms with van der Waals surface area (Å²) < 4.78 is 1.52. The van der Waals surface area contributed by atoms with Crippen molar-refractivity contribution in [3.63, 3.8) is 0 Å². The third-order valence-corrected chi connectivity index (χ3v) is 3.64. The van der Waals surface area contributed by atoms with Crippen molar-refractivity contribution in [3.05, 3.63) is 63.1 Å². The molecular weight excluding hydrogens is 262 g/mol. The van der Waals surface area contributed by atoms with Crippen LogP contribution in [0, 0.1) is 6.92 Å². The molecule has 2 N–H and O–H groups in total. The lowest BCUT2D eigenvalue weighted by Gasteiger charge is -2.15. The summed E-state index contributed by atoms with van der Waals surface area (Å²) in [5, 5.41) is 4.28. The molecule has 1 heterocycles. The molecule has 1 aromatic carbocycles. The second-order valence-electron chi connectivity index (χ2n) is 5.34. The van der Waals surface area contributed by atoms with E-state index in [0.29, 0.717) is 12.1 Å². The van der Waals surface area contributed by atoms with Gasteiger partial charge in [-0.1, -0.05) is 38.1 Å². The predicted molar refractivity (Wildman–Crippen MR) is 85.4 cm³/mol. The zero-order chi connectivity index (χ0) is 15.4. The Morgan fingerprint density at radius 1 is 1.24 bits per heavy atom. The Morgan fingerprint density at radius 3 is 2.48 bits per heavy atom. The van der Waals surface area contributed by atoms with Crippen molar-refractivity contribution in [2.24, 2.45) is 5.73 Å². The van der Waals surface area contributed by atoms with Gasteiger partial charge in [-0.15, -0.1) is 0 Å². The molecule has 21 heavy (non-hydrogen) atoms. The molecule has 0 saturated carbocycles. The largest absolute Gasteiger partial charge is 0.320 e. The van der Waals surface area contributed by atoms with Crippen molar-refractivity contribution >= 4 is 0 Å². The monoisotopic (exact) mass is 285 g/mol. The molecule has 0 bridgehead atoms. The Morgan fingerprint density at radius 2 is 1.90 bits per heavy atom. The molecule has 0 saturated heterocycles. The third kappa shape index (κ3) is 3.39. The Hall–Kier alpha value is -1.94. The minimum Gasteiger partial charge on any atom is -0.320 e. The number of hydrogen-bond acceptors (Lipinski definition) is 3. The van der Waals surface area contributed by atoms with Gasteiger partial charge in [-0.05, 0) is 37.0 Å². The Bertz CT molecular complexity index is 659. The lowest BCUT2D eigenvalue weighted by atomic mass is 9.99. The molecule has 0 aliphatic rings. The van der Waals surface area contributed by atoms with Gasteiger partial charge in [0, 0.05) is 12.1 Å². The van der Waals surface area contributed by atoms with Gasteiger partial charge in [-0.3, -0.25) is 4.79 Å². The predicted octanol–water partition coefficient (Wildman–Crippen LogP) is 2.57. The molecule has 0 amide bonds. The second kappa shape index (κ2) is 6.68. The Kier molecular flexibility index (Phi) is 4.91. The van der Waals surface area contributed by atoms with Gasteiger partial charge in [0.15, 0.2) is 0 Å². The van der Waals surface area contributed by atoms with Gasteiger partial charge in [0.25, 0.3) is 5.56 Å². The van der Waals surface area contributed by atoms with Crippen molar-refractivity contribution in [2.45, 2.75) is 46.2 Å². The standard InChI is InChI=1S/C17H23N3O/c1-4-10-20-17(21)15(11-12(3)19-20)16(18)14-8-6-13(5-2)7-9-14/h6-9,11,16H,4-5,10,18H2,1-3H3. The summed E-state index contributed by atoms with van der Waals surface area (Å²) in [4.78, 5) is 12.5. The van der Waals surface area contributed by atoms with Crippen LogP contribution >= 0.6 is 0 Å². The molecule has 0 radical (unpaired) electrons. The van der Waals surface area contributed by atoms with Crippen LogP contribution in [-0.4, -0.2) is 9.78 Å². The maximum atomic E-state index is 12.5. The van der Waals surface area contributed by atoms with Crippen LogP contribution in [0.15, 0.2) is 35.1 Å². The fraction of sp³-hybridized carbons (Fsp3) is 0.412. The van der Waals surface area contributed by atoms with E-state index >= 15 is 0 Å². The summed E-state index contributed by atoms with van der Waals surface area (Å²) in [5.41, 5.74) is 9.86. The van der Waals surface area contributed by atoms with Crippen LogP contribution in [0.2, 0.25) is 0 Å². The van der Waals surface area contributed by atoms with E-state index in [1.165, 1.54) is 10.2 Å². The van der Waals surface area contributed by atoms with Crippen molar-refractivity contribution in [3.8, 4) is 0 Å². The molecule has 112 valence electrons. The molecule has 2 rings (SSSR count). The first-order valence-corrected chi connectivity index (χ1v) is 7.49. The highest BCUT2D eigenvalue weighted by Gasteiger charge is 2.15. The second-order valence-corrected chi connectivity index (χ2v) is 5.34. The van der Waals surface area contributed by atoms with Gasteiger partial charge < -0.3 is 5.73 Å². The lowest BCUT2D eigenvalue weighted by molar-refractivity contribution is 0.551. The van der Waals surface area contributed by atoms with E-state index in [1.807, 2.05) is 26.0 Å². The fourth-order valence-corrected chi connectivity index (χ4v) is 2.43. The first-order valence-electron chi connectivity index (χ1n) is 7.49. The summed E-state index contributed by atoms with van der Waals surface area (Å²) >= 11 is 0. The van der Waals surface area contributed by atoms with Crippen LogP contribution in [0.3, 0.4) is 0 Å². The van der Waals surface area contributed by atoms with Crippen LogP contribution in [0.1, 0.15) is 48.7 Å². The highest BCUT2D eigenvalue weighted by atomic mass is 16.1. The normalized spacial score (nSPS) is 12.4. The molecule has 1 aromatic heterocycles. The summed E-state index contributed by atoms with van der Waals surface area (Å²) in [6.07, 6.45) is 1.86. The quantitative estimate of drug-likeness (QED) is 0.918. The molecule has 0 aliphatic carbocycles. The van der Waals surface area contributed by atoms with Crippen LogP contribution in [0.5, 0.6) is 0 Å². The smallest absolute Gasteiger partial charge is 0.271 e. The number of aromatic nitrogens is 2. The average molecular weight is 285 g/mol. The zero-order valence-corrected chi connectivity index (χ0v) is 13.0. The number of nitrogens with two attached hydrogens (primary N) is 1. The van der Waals surface area contributed by atoms with Crippen LogP contribution in [-0.2, 0) is 13.0 Å². The maximum absolute atomic E-state index is 12.5. The fourth-order valence-electron chi connectivity index (χ4n) is 2.43. The SMILES string of the molecule is CCCn1nc(C)cc(C(N)c2ccc(CC)cc2)c1=O. The summed E-state index contributed by atoms with van der Waals surface area (Å²) in [7, 11) is 0. The van der Waals surface area contributed by atoms with Gasteiger partial charge in [0.2, 0.25) is 0 Å². The van der Waals surface area contributed by atoms with Gasteiger partial charge in [-0.2, -0.15) is 5.10 Å². The summed E-state index contributed by atoms with van der Waals surface area (Å²) in [6, 6.07) is 9.52. The van der Waals surface area contributed by atoms with Gasteiger partial charge >= 0.3 is 0 Å². The number of nitrogens with zero attached hydrogens (tertiary/aromatic N) is 2. The molecule has 0 aliphatic heterocycles. The van der Waals surface area contributed by atoms with Crippen molar-refractivity contribution < 1.29 is 0 Å². The molecule has 0 fully saturated rings. The topological polar surface area (TPSA) is 60.9 Å². The number of rotatable bonds is 5. The Balaban J connectivity index is 2.42. The van der Waals surface area contributed by atoms with E-state index in [9.17, 15) is 4.79 Å². The molecule has 1 atom stereocenters. The van der Waals surface area contributed by atoms with E-state index < -0.39 is 6.04 Å². The van der Waals surface area contributed by atoms with Gasteiger partial charge in [-0.25, -0.2) is 4.68 Å². The molecule has 4 heteroatoms. The van der Waals surface area contributed by atoms with Crippen molar-refractivity contribution in [1.29, 1.82) is 0 Å². The van der Waals surface area contributed by atoms with E-state index in [0.717, 1.165) is 24.1 Å². The molecule has 2 aromatic rings. The number of aryl methyl sites for hydroxylation is 3. The molecular formula is C17H23N3O. The van der Waals surface area contributed by atoms with Crippen molar-refractivity contribution in [1.82, 2.24) is 9.78 Å². The minimum atomic E-state index is -0.409. The van der Waals surface area contributed by atoms with Crippen LogP contribution in [0.25, 0.3) is 0 Å². The third-order valence-electron chi connectivity index (χ3n) is 3.64.